The molecule has 0 spiro atoms. The molecule has 0 aromatic carbocycles. The Morgan fingerprint density at radius 2 is 1.96 bits per heavy atom. The van der Waals surface area contributed by atoms with Gasteiger partial charge in [0, 0.05) is 32.6 Å². The monoisotopic (exact) mass is 330 g/mol. The van der Waals surface area contributed by atoms with Crippen LogP contribution in [0.25, 0.3) is 5.65 Å². The minimum atomic E-state index is 0.279. The first-order chi connectivity index (χ1) is 11.8. The number of nitrogens with zero attached hydrogens (tertiary/aromatic N) is 6. The lowest BCUT2D eigenvalue weighted by Gasteiger charge is -2.34. The Bertz CT molecular complexity index is 703. The summed E-state index contributed by atoms with van der Waals surface area (Å²) in [6, 6.07) is 3.92. The maximum atomic E-state index is 12.4. The second kappa shape index (κ2) is 6.72. The molecule has 24 heavy (non-hydrogen) atoms. The molecule has 0 radical (unpaired) electrons. The highest BCUT2D eigenvalue weighted by atomic mass is 16.5. The van der Waals surface area contributed by atoms with Crippen molar-refractivity contribution in [1.29, 1.82) is 0 Å². The van der Waals surface area contributed by atoms with E-state index in [2.05, 4.69) is 20.2 Å². The average molecular weight is 330 g/mol. The molecule has 128 valence electrons. The Balaban J connectivity index is 1.32. The third-order valence-corrected chi connectivity index (χ3v) is 4.91. The Kier molecular flexibility index (Phi) is 4.29. The number of hydrogen-bond acceptors (Lipinski definition) is 6. The fraction of sp³-hybridized carbons (Fsp3) is 0.625. The van der Waals surface area contributed by atoms with E-state index in [-0.39, 0.29) is 5.91 Å². The summed E-state index contributed by atoms with van der Waals surface area (Å²) in [4.78, 5) is 16.6. The van der Waals surface area contributed by atoms with Crippen molar-refractivity contribution >= 4 is 17.4 Å². The largest absolute Gasteiger partial charge is 0.378 e. The molecule has 0 bridgehead atoms. The van der Waals surface area contributed by atoms with Gasteiger partial charge in [0.1, 0.15) is 12.1 Å². The molecule has 2 aliphatic rings. The summed E-state index contributed by atoms with van der Waals surface area (Å²) in [5.74, 6) is 1.69. The zero-order chi connectivity index (χ0) is 16.4. The summed E-state index contributed by atoms with van der Waals surface area (Å²) in [5.41, 5.74) is 0.754. The van der Waals surface area contributed by atoms with Crippen molar-refractivity contribution < 1.29 is 9.53 Å². The zero-order valence-electron chi connectivity index (χ0n) is 13.7. The molecule has 1 amide bonds. The second-order valence-electron chi connectivity index (χ2n) is 6.45. The quantitative estimate of drug-likeness (QED) is 0.820. The fourth-order valence-electron chi connectivity index (χ4n) is 3.44. The van der Waals surface area contributed by atoms with Crippen molar-refractivity contribution in [2.24, 2.45) is 5.92 Å². The van der Waals surface area contributed by atoms with E-state index in [1.54, 1.807) is 10.8 Å². The second-order valence-corrected chi connectivity index (χ2v) is 6.45. The van der Waals surface area contributed by atoms with Crippen LogP contribution >= 0.6 is 0 Å². The molecule has 2 aromatic heterocycles. The first-order valence-electron chi connectivity index (χ1n) is 8.57. The maximum absolute atomic E-state index is 12.4. The molecule has 0 unspecified atom stereocenters. The average Bonchev–Trinajstić information content (AvgIpc) is 3.11. The molecule has 2 fully saturated rings. The molecule has 8 heteroatoms. The number of piperidine rings is 1. The molecule has 0 aliphatic carbocycles. The van der Waals surface area contributed by atoms with Crippen LogP contribution in [0.2, 0.25) is 0 Å². The Hall–Kier alpha value is -2.22. The first kappa shape index (κ1) is 15.3. The highest BCUT2D eigenvalue weighted by Crippen LogP contribution is 2.24. The number of amides is 1. The minimum absolute atomic E-state index is 0.279. The fourth-order valence-corrected chi connectivity index (χ4v) is 3.44. The van der Waals surface area contributed by atoms with Crippen molar-refractivity contribution in [1.82, 2.24) is 24.7 Å². The number of aromatic nitrogens is 4. The van der Waals surface area contributed by atoms with Gasteiger partial charge < -0.3 is 14.5 Å². The van der Waals surface area contributed by atoms with E-state index in [1.165, 1.54) is 0 Å². The van der Waals surface area contributed by atoms with Crippen LogP contribution in [0.15, 0.2) is 18.5 Å². The van der Waals surface area contributed by atoms with Crippen LogP contribution in [0.5, 0.6) is 0 Å². The Labute approximate surface area is 140 Å². The van der Waals surface area contributed by atoms with E-state index in [0.29, 0.717) is 25.6 Å². The van der Waals surface area contributed by atoms with Gasteiger partial charge in [-0.2, -0.15) is 4.52 Å². The standard InChI is InChI=1S/C16H22N6O2/c23-16(21-7-9-24-10-8-21)11-13-3-5-20(6-4-13)15-2-1-14-18-17-12-22(14)19-15/h1-2,12-13H,3-11H2. The van der Waals surface area contributed by atoms with Gasteiger partial charge in [0.2, 0.25) is 5.91 Å². The van der Waals surface area contributed by atoms with Gasteiger partial charge >= 0.3 is 0 Å². The smallest absolute Gasteiger partial charge is 0.223 e. The molecule has 4 heterocycles. The molecular weight excluding hydrogens is 308 g/mol. The summed E-state index contributed by atoms with van der Waals surface area (Å²) in [6.45, 7) is 4.67. The SMILES string of the molecule is O=C(CC1CCN(c2ccc3nncn3n2)CC1)N1CCOCC1. The van der Waals surface area contributed by atoms with Gasteiger partial charge in [0.15, 0.2) is 5.65 Å². The van der Waals surface area contributed by atoms with Gasteiger partial charge in [-0.05, 0) is 30.9 Å². The predicted octanol–water partition coefficient (Wildman–Crippen LogP) is 0.590. The molecule has 4 rings (SSSR count). The normalized spacial score (nSPS) is 19.8. The number of carbonyl (C=O) groups excluding carboxylic acids is 1. The number of ether oxygens (including phenoxy) is 1. The van der Waals surface area contributed by atoms with Crippen LogP contribution in [-0.2, 0) is 9.53 Å². The number of fused-ring (bicyclic) bond motifs is 1. The summed E-state index contributed by atoms with van der Waals surface area (Å²) >= 11 is 0. The van der Waals surface area contributed by atoms with Crippen LogP contribution in [0.4, 0.5) is 5.82 Å². The molecule has 8 nitrogen and oxygen atoms in total. The highest BCUT2D eigenvalue weighted by molar-refractivity contribution is 5.76. The third-order valence-electron chi connectivity index (χ3n) is 4.91. The molecular formula is C16H22N6O2. The van der Waals surface area contributed by atoms with E-state index < -0.39 is 0 Å². The molecule has 0 N–H and O–H groups in total. The van der Waals surface area contributed by atoms with Crippen molar-refractivity contribution in [3.05, 3.63) is 18.5 Å². The number of rotatable bonds is 3. The lowest BCUT2D eigenvalue weighted by atomic mass is 9.93. The number of hydrogen-bond donors (Lipinski definition) is 0. The summed E-state index contributed by atoms with van der Waals surface area (Å²) in [5, 5.41) is 12.4. The molecule has 2 aromatic rings. The van der Waals surface area contributed by atoms with Crippen molar-refractivity contribution in [3.8, 4) is 0 Å². The van der Waals surface area contributed by atoms with Gasteiger partial charge in [-0.25, -0.2) is 0 Å². The van der Waals surface area contributed by atoms with E-state index in [0.717, 1.165) is 50.5 Å². The van der Waals surface area contributed by atoms with E-state index in [9.17, 15) is 4.79 Å². The number of carbonyl (C=O) groups is 1. The van der Waals surface area contributed by atoms with Crippen LogP contribution in [0, 0.1) is 5.92 Å². The van der Waals surface area contributed by atoms with Gasteiger partial charge in [-0.3, -0.25) is 4.79 Å². The van der Waals surface area contributed by atoms with Crippen molar-refractivity contribution in [2.45, 2.75) is 19.3 Å². The predicted molar refractivity (Wildman–Crippen MR) is 87.7 cm³/mol. The first-order valence-corrected chi connectivity index (χ1v) is 8.57. The van der Waals surface area contributed by atoms with Crippen LogP contribution < -0.4 is 4.90 Å². The molecule has 2 aliphatic heterocycles. The van der Waals surface area contributed by atoms with Gasteiger partial charge in [-0.1, -0.05) is 0 Å². The van der Waals surface area contributed by atoms with Crippen LogP contribution in [0.3, 0.4) is 0 Å². The lowest BCUT2D eigenvalue weighted by Crippen LogP contribution is -2.42. The summed E-state index contributed by atoms with van der Waals surface area (Å²) in [7, 11) is 0. The third kappa shape index (κ3) is 3.19. The number of morpholine rings is 1. The summed E-state index contributed by atoms with van der Waals surface area (Å²) in [6.07, 6.45) is 4.33. The molecule has 2 saturated heterocycles. The number of anilines is 1. The molecule has 0 saturated carbocycles. The van der Waals surface area contributed by atoms with Crippen LogP contribution in [-0.4, -0.2) is 70.0 Å². The maximum Gasteiger partial charge on any atom is 0.223 e. The van der Waals surface area contributed by atoms with Gasteiger partial charge in [0.05, 0.1) is 13.2 Å². The molecule has 0 atom stereocenters. The Morgan fingerprint density at radius 1 is 1.17 bits per heavy atom. The highest BCUT2D eigenvalue weighted by Gasteiger charge is 2.25. The summed E-state index contributed by atoms with van der Waals surface area (Å²) < 4.78 is 7.01. The minimum Gasteiger partial charge on any atom is -0.378 e. The van der Waals surface area contributed by atoms with E-state index in [4.69, 9.17) is 4.74 Å². The topological polar surface area (TPSA) is 75.9 Å². The Morgan fingerprint density at radius 3 is 2.75 bits per heavy atom. The zero-order valence-corrected chi connectivity index (χ0v) is 13.7. The van der Waals surface area contributed by atoms with Gasteiger partial charge in [-0.15, -0.1) is 15.3 Å². The van der Waals surface area contributed by atoms with Crippen molar-refractivity contribution in [3.63, 3.8) is 0 Å². The van der Waals surface area contributed by atoms with E-state index in [1.807, 2.05) is 17.0 Å². The van der Waals surface area contributed by atoms with E-state index >= 15 is 0 Å². The van der Waals surface area contributed by atoms with Crippen molar-refractivity contribution in [2.75, 3.05) is 44.3 Å². The van der Waals surface area contributed by atoms with Gasteiger partial charge in [0.25, 0.3) is 0 Å². The van der Waals surface area contributed by atoms with Crippen LogP contribution in [0.1, 0.15) is 19.3 Å². The lowest BCUT2D eigenvalue weighted by molar-refractivity contribution is -0.136.